The highest BCUT2D eigenvalue weighted by molar-refractivity contribution is 7.89. The van der Waals surface area contributed by atoms with E-state index in [4.69, 9.17) is 18.0 Å². The van der Waals surface area contributed by atoms with Gasteiger partial charge in [-0.05, 0) is 20.3 Å². The third-order valence-corrected chi connectivity index (χ3v) is 3.98. The van der Waals surface area contributed by atoms with Gasteiger partial charge in [-0.15, -0.1) is 0 Å². The zero-order valence-electron chi connectivity index (χ0n) is 8.12. The van der Waals surface area contributed by atoms with E-state index >= 15 is 0 Å². The van der Waals surface area contributed by atoms with Crippen LogP contribution >= 0.6 is 12.2 Å². The zero-order chi connectivity index (χ0) is 10.7. The summed E-state index contributed by atoms with van der Waals surface area (Å²) in [5, 5.41) is 0. The van der Waals surface area contributed by atoms with Crippen LogP contribution in [0, 0.1) is 0 Å². The Hall–Kier alpha value is -0.200. The predicted molar refractivity (Wildman–Crippen MR) is 58.1 cm³/mol. The molecule has 3 N–H and O–H groups in total. The molecule has 0 amide bonds. The highest BCUT2D eigenvalue weighted by atomic mass is 32.2. The van der Waals surface area contributed by atoms with Crippen molar-refractivity contribution < 1.29 is 8.42 Å². The molecule has 0 fully saturated rings. The van der Waals surface area contributed by atoms with Crippen LogP contribution in [-0.2, 0) is 10.0 Å². The summed E-state index contributed by atoms with van der Waals surface area (Å²) < 4.78 is 25.0. The molecule has 6 heteroatoms. The average Bonchev–Trinajstić information content (AvgIpc) is 2.03. The van der Waals surface area contributed by atoms with E-state index in [0.29, 0.717) is 6.42 Å². The molecule has 13 heavy (non-hydrogen) atoms. The van der Waals surface area contributed by atoms with Crippen molar-refractivity contribution in [2.45, 2.75) is 32.7 Å². The second-order valence-electron chi connectivity index (χ2n) is 3.06. The topological polar surface area (TPSA) is 72.2 Å². The Balaban J connectivity index is 4.75. The first-order valence-electron chi connectivity index (χ1n) is 4.09. The van der Waals surface area contributed by atoms with E-state index in [9.17, 15) is 8.42 Å². The van der Waals surface area contributed by atoms with Gasteiger partial charge in [0.15, 0.2) is 0 Å². The molecule has 0 aliphatic carbocycles. The van der Waals surface area contributed by atoms with Crippen molar-refractivity contribution in [2.75, 3.05) is 5.75 Å². The second-order valence-corrected chi connectivity index (χ2v) is 5.51. The SMILES string of the molecule is CCC(C)(NS(=O)(=O)CC)C(N)=S. The Kier molecular flexibility index (Phi) is 4.28. The number of hydrogen-bond acceptors (Lipinski definition) is 3. The van der Waals surface area contributed by atoms with Crippen LogP contribution in [0.4, 0.5) is 0 Å². The van der Waals surface area contributed by atoms with Gasteiger partial charge in [-0.3, -0.25) is 0 Å². The largest absolute Gasteiger partial charge is 0.392 e. The van der Waals surface area contributed by atoms with Crippen molar-refractivity contribution in [1.82, 2.24) is 4.72 Å². The fourth-order valence-electron chi connectivity index (χ4n) is 0.712. The normalized spacial score (nSPS) is 16.5. The van der Waals surface area contributed by atoms with Crippen LogP contribution in [0.1, 0.15) is 27.2 Å². The summed E-state index contributed by atoms with van der Waals surface area (Å²) in [6.45, 7) is 5.08. The van der Waals surface area contributed by atoms with Crippen molar-refractivity contribution in [3.8, 4) is 0 Å². The Morgan fingerprint density at radius 3 is 2.23 bits per heavy atom. The number of rotatable bonds is 5. The minimum Gasteiger partial charge on any atom is -0.392 e. The highest BCUT2D eigenvalue weighted by Crippen LogP contribution is 2.11. The minimum atomic E-state index is -3.25. The molecular weight excluding hydrogens is 208 g/mol. The standard InChI is InChI=1S/C7H16N2O2S2/c1-4-7(3,6(8)12)9-13(10,11)5-2/h9H,4-5H2,1-3H3,(H2,8,12). The molecule has 78 valence electrons. The Morgan fingerprint density at radius 2 is 2.00 bits per heavy atom. The molecule has 0 saturated carbocycles. The molecule has 0 aromatic heterocycles. The average molecular weight is 224 g/mol. The van der Waals surface area contributed by atoms with Gasteiger partial charge in [-0.1, -0.05) is 19.1 Å². The molecule has 0 spiro atoms. The first kappa shape index (κ1) is 12.8. The molecule has 4 nitrogen and oxygen atoms in total. The van der Waals surface area contributed by atoms with Crippen molar-refractivity contribution in [2.24, 2.45) is 5.73 Å². The molecular formula is C7H16N2O2S2. The molecule has 1 atom stereocenters. The minimum absolute atomic E-state index is 0.0329. The summed E-state index contributed by atoms with van der Waals surface area (Å²) in [6, 6.07) is 0. The maximum Gasteiger partial charge on any atom is 0.212 e. The highest BCUT2D eigenvalue weighted by Gasteiger charge is 2.29. The zero-order valence-corrected chi connectivity index (χ0v) is 9.76. The van der Waals surface area contributed by atoms with E-state index in [2.05, 4.69) is 4.72 Å². The fourth-order valence-corrected chi connectivity index (χ4v) is 2.06. The Bertz CT molecular complexity index is 287. The van der Waals surface area contributed by atoms with Gasteiger partial charge >= 0.3 is 0 Å². The summed E-state index contributed by atoms with van der Waals surface area (Å²) in [5.74, 6) is 0.0329. The van der Waals surface area contributed by atoms with Crippen LogP contribution in [0.15, 0.2) is 0 Å². The first-order valence-corrected chi connectivity index (χ1v) is 6.15. The fraction of sp³-hybridized carbons (Fsp3) is 0.857. The van der Waals surface area contributed by atoms with E-state index in [1.807, 2.05) is 6.92 Å². The second kappa shape index (κ2) is 4.34. The number of hydrogen-bond donors (Lipinski definition) is 2. The third kappa shape index (κ3) is 3.58. The maximum atomic E-state index is 11.3. The third-order valence-electron chi connectivity index (χ3n) is 2.01. The van der Waals surface area contributed by atoms with Crippen molar-refractivity contribution in [3.63, 3.8) is 0 Å². The number of nitrogens with two attached hydrogens (primary N) is 1. The molecule has 1 unspecified atom stereocenters. The Morgan fingerprint density at radius 1 is 1.54 bits per heavy atom. The van der Waals surface area contributed by atoms with Crippen LogP contribution in [0.2, 0.25) is 0 Å². The lowest BCUT2D eigenvalue weighted by atomic mass is 10.0. The summed E-state index contributed by atoms with van der Waals surface area (Å²) >= 11 is 4.80. The molecule has 0 saturated heterocycles. The van der Waals surface area contributed by atoms with Gasteiger partial charge in [-0.25, -0.2) is 13.1 Å². The van der Waals surface area contributed by atoms with Gasteiger partial charge in [-0.2, -0.15) is 0 Å². The first-order chi connectivity index (χ1) is 5.77. The van der Waals surface area contributed by atoms with Crippen molar-refractivity contribution in [3.05, 3.63) is 0 Å². The van der Waals surface area contributed by atoms with Gasteiger partial charge in [0.2, 0.25) is 10.0 Å². The molecule has 0 rings (SSSR count). The van der Waals surface area contributed by atoms with Crippen LogP contribution in [0.3, 0.4) is 0 Å². The van der Waals surface area contributed by atoms with E-state index in [0.717, 1.165) is 0 Å². The summed E-state index contributed by atoms with van der Waals surface area (Å²) in [5.41, 5.74) is 4.65. The van der Waals surface area contributed by atoms with Crippen LogP contribution in [0.25, 0.3) is 0 Å². The lowest BCUT2D eigenvalue weighted by Gasteiger charge is -2.27. The van der Waals surface area contributed by atoms with Gasteiger partial charge in [0, 0.05) is 0 Å². The molecule has 0 aromatic rings. The summed E-state index contributed by atoms with van der Waals surface area (Å²) in [6.07, 6.45) is 0.543. The van der Waals surface area contributed by atoms with Crippen molar-refractivity contribution >= 4 is 27.2 Å². The van der Waals surface area contributed by atoms with Crippen LogP contribution in [-0.4, -0.2) is 24.7 Å². The summed E-state index contributed by atoms with van der Waals surface area (Å²) in [4.78, 5) is 0.173. The molecule has 0 aliphatic rings. The molecule has 0 bridgehead atoms. The van der Waals surface area contributed by atoms with Gasteiger partial charge in [0.25, 0.3) is 0 Å². The van der Waals surface area contributed by atoms with E-state index in [1.54, 1.807) is 13.8 Å². The van der Waals surface area contributed by atoms with E-state index in [1.165, 1.54) is 0 Å². The molecule has 0 aliphatic heterocycles. The number of sulfonamides is 1. The van der Waals surface area contributed by atoms with Crippen LogP contribution < -0.4 is 10.5 Å². The monoisotopic (exact) mass is 224 g/mol. The number of nitrogens with one attached hydrogen (secondary N) is 1. The summed E-state index contributed by atoms with van der Waals surface area (Å²) in [7, 11) is -3.25. The van der Waals surface area contributed by atoms with Gasteiger partial charge in [0.05, 0.1) is 16.3 Å². The molecule has 0 heterocycles. The predicted octanol–water partition coefficient (Wildman–Crippen LogP) is 0.380. The molecule has 0 aromatic carbocycles. The number of thiocarbonyl (C=S) groups is 1. The molecule has 0 radical (unpaired) electrons. The van der Waals surface area contributed by atoms with Gasteiger partial charge in [0.1, 0.15) is 0 Å². The van der Waals surface area contributed by atoms with E-state index in [-0.39, 0.29) is 10.7 Å². The smallest absolute Gasteiger partial charge is 0.212 e. The lowest BCUT2D eigenvalue weighted by Crippen LogP contribution is -2.54. The Labute approximate surface area is 84.9 Å². The maximum absolute atomic E-state index is 11.3. The lowest BCUT2D eigenvalue weighted by molar-refractivity contribution is 0.512. The van der Waals surface area contributed by atoms with Gasteiger partial charge < -0.3 is 5.73 Å². The van der Waals surface area contributed by atoms with Crippen molar-refractivity contribution in [1.29, 1.82) is 0 Å². The quantitative estimate of drug-likeness (QED) is 0.662. The van der Waals surface area contributed by atoms with Crippen LogP contribution in [0.5, 0.6) is 0 Å². The van der Waals surface area contributed by atoms with E-state index < -0.39 is 15.6 Å².